The van der Waals surface area contributed by atoms with E-state index in [2.05, 4.69) is 26.9 Å². The number of thioether (sulfide) groups is 1. The van der Waals surface area contributed by atoms with Gasteiger partial charge in [0.25, 0.3) is 0 Å². The monoisotopic (exact) mass is 449 g/mol. The van der Waals surface area contributed by atoms with E-state index in [0.717, 1.165) is 53.0 Å². The van der Waals surface area contributed by atoms with Gasteiger partial charge in [0.05, 0.1) is 5.69 Å². The van der Waals surface area contributed by atoms with Gasteiger partial charge in [0.1, 0.15) is 18.2 Å². The lowest BCUT2D eigenvalue weighted by Crippen LogP contribution is -2.15. The summed E-state index contributed by atoms with van der Waals surface area (Å²) in [5.74, 6) is 1.48. The van der Waals surface area contributed by atoms with E-state index in [1.165, 1.54) is 12.1 Å². The Labute approximate surface area is 190 Å². The van der Waals surface area contributed by atoms with Crippen molar-refractivity contribution in [1.29, 1.82) is 0 Å². The van der Waals surface area contributed by atoms with Crippen LogP contribution in [0.3, 0.4) is 0 Å². The first-order chi connectivity index (χ1) is 15.8. The summed E-state index contributed by atoms with van der Waals surface area (Å²) in [6.07, 6.45) is 0.993. The second-order valence-corrected chi connectivity index (χ2v) is 8.21. The van der Waals surface area contributed by atoms with Crippen molar-refractivity contribution in [2.24, 2.45) is 0 Å². The van der Waals surface area contributed by atoms with Crippen LogP contribution in [0.4, 0.5) is 4.39 Å². The summed E-state index contributed by atoms with van der Waals surface area (Å²) < 4.78 is 20.6. The van der Waals surface area contributed by atoms with Crippen LogP contribution in [0.15, 0.2) is 84.0 Å². The molecule has 1 heterocycles. The highest BCUT2D eigenvalue weighted by Gasteiger charge is 2.08. The SMILES string of the molecule is Fc1ccc(COc2cccc(CNCCCSc3nnnn3-c3ccccc3)c2)cc1. The highest BCUT2D eigenvalue weighted by Crippen LogP contribution is 2.19. The van der Waals surface area contributed by atoms with Gasteiger partial charge < -0.3 is 10.1 Å². The fraction of sp³-hybridized carbons (Fsp3) is 0.208. The van der Waals surface area contributed by atoms with Gasteiger partial charge in [-0.1, -0.05) is 54.2 Å². The van der Waals surface area contributed by atoms with Crippen LogP contribution in [0.2, 0.25) is 0 Å². The average molecular weight is 450 g/mol. The molecule has 32 heavy (non-hydrogen) atoms. The minimum atomic E-state index is -0.241. The van der Waals surface area contributed by atoms with E-state index in [-0.39, 0.29) is 5.82 Å². The van der Waals surface area contributed by atoms with Crippen LogP contribution >= 0.6 is 11.8 Å². The molecule has 1 aromatic heterocycles. The normalized spacial score (nSPS) is 10.9. The topological polar surface area (TPSA) is 64.9 Å². The van der Waals surface area contributed by atoms with Gasteiger partial charge in [-0.2, -0.15) is 4.68 Å². The van der Waals surface area contributed by atoms with Crippen molar-refractivity contribution in [1.82, 2.24) is 25.5 Å². The van der Waals surface area contributed by atoms with Gasteiger partial charge in [-0.05, 0) is 70.9 Å². The lowest BCUT2D eigenvalue weighted by atomic mass is 10.2. The van der Waals surface area contributed by atoms with Gasteiger partial charge in [0, 0.05) is 12.3 Å². The molecule has 0 aliphatic heterocycles. The van der Waals surface area contributed by atoms with Gasteiger partial charge in [-0.15, -0.1) is 5.10 Å². The Bertz CT molecular complexity index is 1100. The van der Waals surface area contributed by atoms with Crippen LogP contribution in [0.1, 0.15) is 17.5 Å². The molecule has 0 unspecified atom stereocenters. The first-order valence-electron chi connectivity index (χ1n) is 10.4. The lowest BCUT2D eigenvalue weighted by Gasteiger charge is -2.09. The van der Waals surface area contributed by atoms with Gasteiger partial charge in [0.15, 0.2) is 0 Å². The molecule has 0 aliphatic carbocycles. The number of aromatic nitrogens is 4. The van der Waals surface area contributed by atoms with E-state index in [1.54, 1.807) is 28.6 Å². The van der Waals surface area contributed by atoms with Gasteiger partial charge >= 0.3 is 0 Å². The summed E-state index contributed by atoms with van der Waals surface area (Å²) in [6.45, 7) is 2.07. The Hall–Kier alpha value is -3.23. The minimum absolute atomic E-state index is 0.241. The molecule has 3 aromatic carbocycles. The largest absolute Gasteiger partial charge is 0.489 e. The van der Waals surface area contributed by atoms with Crippen molar-refractivity contribution in [3.05, 3.63) is 95.8 Å². The number of tetrazole rings is 1. The maximum atomic E-state index is 13.0. The predicted molar refractivity (Wildman–Crippen MR) is 123 cm³/mol. The first-order valence-corrected chi connectivity index (χ1v) is 11.4. The Morgan fingerprint density at radius 3 is 2.62 bits per heavy atom. The number of hydrogen-bond acceptors (Lipinski definition) is 6. The molecule has 0 atom stereocenters. The summed E-state index contributed by atoms with van der Waals surface area (Å²) >= 11 is 1.65. The summed E-state index contributed by atoms with van der Waals surface area (Å²) in [7, 11) is 0. The summed E-state index contributed by atoms with van der Waals surface area (Å²) in [4.78, 5) is 0. The molecule has 0 bridgehead atoms. The lowest BCUT2D eigenvalue weighted by molar-refractivity contribution is 0.305. The van der Waals surface area contributed by atoms with Crippen LogP contribution in [-0.4, -0.2) is 32.5 Å². The van der Waals surface area contributed by atoms with E-state index in [4.69, 9.17) is 4.74 Å². The quantitative estimate of drug-likeness (QED) is 0.266. The Balaban J connectivity index is 1.17. The predicted octanol–water partition coefficient (Wildman–Crippen LogP) is 4.65. The van der Waals surface area contributed by atoms with E-state index in [9.17, 15) is 4.39 Å². The maximum absolute atomic E-state index is 13.0. The molecule has 0 radical (unpaired) electrons. The van der Waals surface area contributed by atoms with Crippen molar-refractivity contribution in [2.75, 3.05) is 12.3 Å². The summed E-state index contributed by atoms with van der Waals surface area (Å²) in [5, 5.41) is 16.3. The van der Waals surface area contributed by atoms with E-state index in [1.807, 2.05) is 48.5 Å². The van der Waals surface area contributed by atoms with Crippen molar-refractivity contribution < 1.29 is 9.13 Å². The molecule has 0 saturated carbocycles. The molecule has 164 valence electrons. The molecule has 1 N–H and O–H groups in total. The number of nitrogens with zero attached hydrogens (tertiary/aromatic N) is 4. The van der Waals surface area contributed by atoms with Gasteiger partial charge in [-0.25, -0.2) is 4.39 Å². The Morgan fingerprint density at radius 1 is 0.938 bits per heavy atom. The van der Waals surface area contributed by atoms with Crippen molar-refractivity contribution in [3.8, 4) is 11.4 Å². The molecule has 8 heteroatoms. The molecular formula is C24H24FN5OS. The number of halogens is 1. The average Bonchev–Trinajstić information content (AvgIpc) is 3.30. The van der Waals surface area contributed by atoms with Crippen LogP contribution in [0.25, 0.3) is 5.69 Å². The third kappa shape index (κ3) is 6.38. The zero-order chi connectivity index (χ0) is 22.0. The van der Waals surface area contributed by atoms with Crippen LogP contribution < -0.4 is 10.1 Å². The summed E-state index contributed by atoms with van der Waals surface area (Å²) in [5.41, 5.74) is 3.05. The highest BCUT2D eigenvalue weighted by molar-refractivity contribution is 7.99. The number of rotatable bonds is 11. The standard InChI is InChI=1S/C24H24FN5OS/c25-21-12-10-19(11-13-21)18-31-23-9-4-6-20(16-23)17-26-14-5-15-32-24-27-28-29-30(24)22-7-2-1-3-8-22/h1-4,6-13,16,26H,5,14-15,17-18H2. The number of para-hydroxylation sites is 1. The highest BCUT2D eigenvalue weighted by atomic mass is 32.2. The molecule has 4 aromatic rings. The van der Waals surface area contributed by atoms with Crippen LogP contribution in [-0.2, 0) is 13.2 Å². The number of hydrogen-bond donors (Lipinski definition) is 1. The number of ether oxygens (including phenoxy) is 1. The third-order valence-corrected chi connectivity index (χ3v) is 5.72. The molecule has 0 aliphatic rings. The first kappa shape index (κ1) is 22.0. The summed E-state index contributed by atoms with van der Waals surface area (Å²) in [6, 6.07) is 24.2. The number of nitrogens with one attached hydrogen (secondary N) is 1. The fourth-order valence-corrected chi connectivity index (χ4v) is 3.92. The van der Waals surface area contributed by atoms with Gasteiger partial charge in [0.2, 0.25) is 5.16 Å². The smallest absolute Gasteiger partial charge is 0.214 e. The molecule has 4 rings (SSSR count). The molecule has 0 spiro atoms. The number of benzene rings is 3. The Morgan fingerprint density at radius 2 is 1.78 bits per heavy atom. The van der Waals surface area contributed by atoms with Crippen molar-refractivity contribution in [2.45, 2.75) is 24.7 Å². The Kier molecular flexibility index (Phi) is 7.84. The third-order valence-electron chi connectivity index (χ3n) is 4.72. The zero-order valence-corrected chi connectivity index (χ0v) is 18.3. The van der Waals surface area contributed by atoms with E-state index < -0.39 is 0 Å². The molecule has 0 amide bonds. The molecule has 6 nitrogen and oxygen atoms in total. The van der Waals surface area contributed by atoms with E-state index in [0.29, 0.717) is 6.61 Å². The maximum Gasteiger partial charge on any atom is 0.214 e. The minimum Gasteiger partial charge on any atom is -0.489 e. The fourth-order valence-electron chi connectivity index (χ4n) is 3.09. The second-order valence-electron chi connectivity index (χ2n) is 7.15. The zero-order valence-electron chi connectivity index (χ0n) is 17.5. The van der Waals surface area contributed by atoms with Crippen molar-refractivity contribution in [3.63, 3.8) is 0 Å². The van der Waals surface area contributed by atoms with Crippen LogP contribution in [0, 0.1) is 5.82 Å². The van der Waals surface area contributed by atoms with Crippen molar-refractivity contribution >= 4 is 11.8 Å². The molecule has 0 fully saturated rings. The second kappa shape index (κ2) is 11.4. The van der Waals surface area contributed by atoms with Crippen LogP contribution in [0.5, 0.6) is 5.75 Å². The molecule has 0 saturated heterocycles. The molecular weight excluding hydrogens is 425 g/mol. The van der Waals surface area contributed by atoms with Gasteiger partial charge in [-0.3, -0.25) is 0 Å². The van der Waals surface area contributed by atoms with E-state index >= 15 is 0 Å².